The smallest absolute Gasteiger partial charge is 0.161 e. The summed E-state index contributed by atoms with van der Waals surface area (Å²) >= 11 is 0. The lowest BCUT2D eigenvalue weighted by molar-refractivity contribution is 0.355. The highest BCUT2D eigenvalue weighted by Gasteiger charge is 2.12. The predicted molar refractivity (Wildman–Crippen MR) is 103 cm³/mol. The van der Waals surface area contributed by atoms with Crippen LogP contribution < -0.4 is 9.47 Å². The van der Waals surface area contributed by atoms with E-state index in [0.717, 1.165) is 17.1 Å². The van der Waals surface area contributed by atoms with Crippen molar-refractivity contribution in [3.63, 3.8) is 0 Å². The molecule has 0 amide bonds. The van der Waals surface area contributed by atoms with Crippen LogP contribution in [0.3, 0.4) is 0 Å². The van der Waals surface area contributed by atoms with Crippen molar-refractivity contribution in [3.05, 3.63) is 71.3 Å². The van der Waals surface area contributed by atoms with Gasteiger partial charge in [0, 0.05) is 0 Å². The fourth-order valence-corrected chi connectivity index (χ4v) is 2.38. The molecule has 0 bridgehead atoms. The molecule has 0 spiro atoms. The number of rotatable bonds is 5. The van der Waals surface area contributed by atoms with E-state index < -0.39 is 0 Å². The number of benzene rings is 2. The van der Waals surface area contributed by atoms with Crippen molar-refractivity contribution in [2.45, 2.75) is 26.2 Å². The third-order valence-corrected chi connectivity index (χ3v) is 3.87. The van der Waals surface area contributed by atoms with Crippen molar-refractivity contribution in [2.75, 3.05) is 14.2 Å². The summed E-state index contributed by atoms with van der Waals surface area (Å²) in [6.45, 7) is 6.68. The molecule has 0 saturated heterocycles. The van der Waals surface area contributed by atoms with Crippen molar-refractivity contribution >= 4 is 12.2 Å². The molecular weight excluding hydrogens is 296 g/mol. The van der Waals surface area contributed by atoms with E-state index in [1.54, 1.807) is 14.2 Å². The lowest BCUT2D eigenvalue weighted by Gasteiger charge is -2.18. The van der Waals surface area contributed by atoms with Gasteiger partial charge in [-0.3, -0.25) is 0 Å². The van der Waals surface area contributed by atoms with E-state index in [4.69, 9.17) is 9.47 Å². The maximum Gasteiger partial charge on any atom is 0.161 e. The average Bonchev–Trinajstić information content (AvgIpc) is 2.58. The molecule has 0 aliphatic carbocycles. The van der Waals surface area contributed by atoms with Gasteiger partial charge in [-0.15, -0.1) is 0 Å². The zero-order valence-corrected chi connectivity index (χ0v) is 15.2. The Morgan fingerprint density at radius 3 is 1.79 bits per heavy atom. The van der Waals surface area contributed by atoms with Gasteiger partial charge in [0.1, 0.15) is 0 Å². The molecule has 2 aromatic rings. The maximum atomic E-state index is 5.31. The van der Waals surface area contributed by atoms with E-state index in [2.05, 4.69) is 51.1 Å². The normalized spacial score (nSPS) is 12.0. The SMILES string of the molecule is COc1ccc(C=CC=Cc2ccc(C(C)(C)C)cc2)cc1OC. The minimum absolute atomic E-state index is 0.190. The van der Waals surface area contributed by atoms with Crippen LogP contribution in [0, 0.1) is 0 Å². The molecule has 0 atom stereocenters. The van der Waals surface area contributed by atoms with Gasteiger partial charge in [-0.25, -0.2) is 0 Å². The van der Waals surface area contributed by atoms with E-state index in [1.807, 2.05) is 36.4 Å². The maximum absolute atomic E-state index is 5.31. The van der Waals surface area contributed by atoms with Crippen molar-refractivity contribution in [1.29, 1.82) is 0 Å². The van der Waals surface area contributed by atoms with E-state index in [-0.39, 0.29) is 5.41 Å². The molecule has 0 N–H and O–H groups in total. The monoisotopic (exact) mass is 322 g/mol. The van der Waals surface area contributed by atoms with Gasteiger partial charge in [-0.2, -0.15) is 0 Å². The van der Waals surface area contributed by atoms with E-state index in [9.17, 15) is 0 Å². The van der Waals surface area contributed by atoms with Crippen molar-refractivity contribution < 1.29 is 9.47 Å². The lowest BCUT2D eigenvalue weighted by atomic mass is 9.87. The topological polar surface area (TPSA) is 18.5 Å². The lowest BCUT2D eigenvalue weighted by Crippen LogP contribution is -2.10. The van der Waals surface area contributed by atoms with Crippen LogP contribution in [0.15, 0.2) is 54.6 Å². The largest absolute Gasteiger partial charge is 0.493 e. The summed E-state index contributed by atoms with van der Waals surface area (Å²) in [4.78, 5) is 0. The molecule has 0 aliphatic rings. The summed E-state index contributed by atoms with van der Waals surface area (Å²) in [5.74, 6) is 1.48. The number of hydrogen-bond donors (Lipinski definition) is 0. The quantitative estimate of drug-likeness (QED) is 0.655. The van der Waals surface area contributed by atoms with E-state index >= 15 is 0 Å². The fraction of sp³-hybridized carbons (Fsp3) is 0.273. The standard InChI is InChI=1S/C22H26O2/c1-22(2,3)19-13-10-17(11-14-19)8-6-7-9-18-12-15-20(23-4)21(16-18)24-5/h6-16H,1-5H3. The third-order valence-electron chi connectivity index (χ3n) is 3.87. The molecule has 0 aromatic heterocycles. The molecule has 0 aliphatic heterocycles. The van der Waals surface area contributed by atoms with Crippen molar-refractivity contribution in [2.24, 2.45) is 0 Å². The molecule has 0 fully saturated rings. The van der Waals surface area contributed by atoms with Crippen LogP contribution in [-0.2, 0) is 5.41 Å². The molecule has 0 unspecified atom stereocenters. The Balaban J connectivity index is 2.04. The Labute approximate surface area is 145 Å². The van der Waals surface area contributed by atoms with Gasteiger partial charge in [0.15, 0.2) is 11.5 Å². The summed E-state index contributed by atoms with van der Waals surface area (Å²) in [5, 5.41) is 0. The van der Waals surface area contributed by atoms with Gasteiger partial charge in [0.05, 0.1) is 14.2 Å². The average molecular weight is 322 g/mol. The van der Waals surface area contributed by atoms with Crippen molar-refractivity contribution in [1.82, 2.24) is 0 Å². The molecule has 0 saturated carbocycles. The number of hydrogen-bond acceptors (Lipinski definition) is 2. The van der Waals surface area contributed by atoms with Crippen LogP contribution in [-0.4, -0.2) is 14.2 Å². The van der Waals surface area contributed by atoms with Gasteiger partial charge < -0.3 is 9.47 Å². The van der Waals surface area contributed by atoms with Crippen LogP contribution in [0.4, 0.5) is 0 Å². The van der Waals surface area contributed by atoms with Gasteiger partial charge in [0.2, 0.25) is 0 Å². The molecule has 2 nitrogen and oxygen atoms in total. The van der Waals surface area contributed by atoms with Gasteiger partial charge in [-0.1, -0.05) is 75.4 Å². The second-order valence-electron chi connectivity index (χ2n) is 6.70. The summed E-state index contributed by atoms with van der Waals surface area (Å²) in [6, 6.07) is 14.6. The molecule has 24 heavy (non-hydrogen) atoms. The predicted octanol–water partition coefficient (Wildman–Crippen LogP) is 5.73. The summed E-state index contributed by atoms with van der Waals surface area (Å²) in [6.07, 6.45) is 8.22. The minimum atomic E-state index is 0.190. The highest BCUT2D eigenvalue weighted by atomic mass is 16.5. The third kappa shape index (κ3) is 4.76. The van der Waals surface area contributed by atoms with Gasteiger partial charge in [0.25, 0.3) is 0 Å². The molecule has 0 heterocycles. The minimum Gasteiger partial charge on any atom is -0.493 e. The Kier molecular flexibility index (Phi) is 5.86. The van der Waals surface area contributed by atoms with Crippen molar-refractivity contribution in [3.8, 4) is 11.5 Å². The number of ether oxygens (including phenoxy) is 2. The molecule has 2 heteroatoms. The van der Waals surface area contributed by atoms with Gasteiger partial charge >= 0.3 is 0 Å². The second kappa shape index (κ2) is 7.87. The number of methoxy groups -OCH3 is 2. The Morgan fingerprint density at radius 2 is 1.25 bits per heavy atom. The van der Waals surface area contributed by atoms with Crippen LogP contribution in [0.5, 0.6) is 11.5 Å². The van der Waals surface area contributed by atoms with E-state index in [1.165, 1.54) is 11.1 Å². The van der Waals surface area contributed by atoms with E-state index in [0.29, 0.717) is 0 Å². The van der Waals surface area contributed by atoms with Crippen LogP contribution in [0.1, 0.15) is 37.5 Å². The Hall–Kier alpha value is -2.48. The zero-order valence-electron chi connectivity index (χ0n) is 15.2. The molecule has 2 aromatic carbocycles. The van der Waals surface area contributed by atoms with Crippen LogP contribution in [0.2, 0.25) is 0 Å². The second-order valence-corrected chi connectivity index (χ2v) is 6.70. The molecular formula is C22H26O2. The summed E-state index contributed by atoms with van der Waals surface area (Å²) in [7, 11) is 3.29. The summed E-state index contributed by atoms with van der Waals surface area (Å²) < 4.78 is 10.6. The Bertz CT molecular complexity index is 717. The zero-order chi connectivity index (χ0) is 17.6. The number of allylic oxidation sites excluding steroid dienone is 2. The first-order valence-electron chi connectivity index (χ1n) is 8.11. The first-order chi connectivity index (χ1) is 11.4. The highest BCUT2D eigenvalue weighted by Crippen LogP contribution is 2.28. The Morgan fingerprint density at radius 1 is 0.708 bits per heavy atom. The van der Waals surface area contributed by atoms with Crippen LogP contribution in [0.25, 0.3) is 12.2 Å². The first-order valence-corrected chi connectivity index (χ1v) is 8.11. The fourth-order valence-electron chi connectivity index (χ4n) is 2.38. The highest BCUT2D eigenvalue weighted by molar-refractivity contribution is 5.60. The van der Waals surface area contributed by atoms with Crippen LogP contribution >= 0.6 is 0 Å². The molecule has 0 radical (unpaired) electrons. The molecule has 2 rings (SSSR count). The van der Waals surface area contributed by atoms with Gasteiger partial charge in [-0.05, 0) is 34.2 Å². The first kappa shape index (κ1) is 17.9. The summed E-state index contributed by atoms with van der Waals surface area (Å²) in [5.41, 5.74) is 3.80. The molecule has 126 valence electrons.